The van der Waals surface area contributed by atoms with Gasteiger partial charge in [-0.3, -0.25) is 4.90 Å². The fourth-order valence-corrected chi connectivity index (χ4v) is 3.53. The summed E-state index contributed by atoms with van der Waals surface area (Å²) < 4.78 is 5.21. The van der Waals surface area contributed by atoms with Crippen LogP contribution in [-0.2, 0) is 0 Å². The van der Waals surface area contributed by atoms with Crippen LogP contribution in [0.25, 0.3) is 0 Å². The molecule has 122 valence electrons. The summed E-state index contributed by atoms with van der Waals surface area (Å²) in [6.07, 6.45) is 9.80. The van der Waals surface area contributed by atoms with E-state index in [1.54, 1.807) is 6.33 Å². The Hall–Kier alpha value is -2.02. The van der Waals surface area contributed by atoms with Crippen molar-refractivity contribution in [1.29, 1.82) is 0 Å². The van der Waals surface area contributed by atoms with Gasteiger partial charge in [0.25, 0.3) is 0 Å². The van der Waals surface area contributed by atoms with Crippen LogP contribution < -0.4 is 4.90 Å². The van der Waals surface area contributed by atoms with E-state index in [2.05, 4.69) is 36.8 Å². The van der Waals surface area contributed by atoms with Crippen LogP contribution in [0.4, 0.5) is 5.82 Å². The molecule has 4 rings (SSSR count). The van der Waals surface area contributed by atoms with Gasteiger partial charge in [-0.1, -0.05) is 5.16 Å². The number of piperidine rings is 1. The van der Waals surface area contributed by atoms with Crippen molar-refractivity contribution < 1.29 is 4.52 Å². The zero-order chi connectivity index (χ0) is 15.6. The molecule has 0 bridgehead atoms. The summed E-state index contributed by atoms with van der Waals surface area (Å²) in [6.45, 7) is 4.22. The molecule has 0 spiro atoms. The molecule has 2 fully saturated rings. The lowest BCUT2D eigenvalue weighted by Gasteiger charge is -2.40. The molecular weight excluding hydrogens is 292 g/mol. The zero-order valence-corrected chi connectivity index (χ0v) is 13.4. The van der Waals surface area contributed by atoms with Gasteiger partial charge in [0.15, 0.2) is 6.33 Å². The number of hydrogen-bond acceptors (Lipinski definition) is 7. The second kappa shape index (κ2) is 6.23. The first-order chi connectivity index (χ1) is 11.3. The fourth-order valence-electron chi connectivity index (χ4n) is 3.53. The van der Waals surface area contributed by atoms with E-state index in [1.165, 1.54) is 19.2 Å². The van der Waals surface area contributed by atoms with Crippen molar-refractivity contribution >= 4 is 5.82 Å². The van der Waals surface area contributed by atoms with Crippen LogP contribution in [-0.4, -0.2) is 50.2 Å². The number of anilines is 1. The van der Waals surface area contributed by atoms with Crippen LogP contribution >= 0.6 is 0 Å². The molecule has 0 aromatic carbocycles. The Morgan fingerprint density at radius 2 is 1.91 bits per heavy atom. The number of rotatable bonds is 5. The van der Waals surface area contributed by atoms with Crippen molar-refractivity contribution in [3.8, 4) is 0 Å². The molecule has 1 unspecified atom stereocenters. The van der Waals surface area contributed by atoms with Crippen LogP contribution in [0.2, 0.25) is 0 Å². The molecule has 1 aliphatic carbocycles. The smallest absolute Gasteiger partial charge is 0.243 e. The molecule has 1 saturated carbocycles. The maximum absolute atomic E-state index is 5.21. The van der Waals surface area contributed by atoms with Crippen molar-refractivity contribution in [3.63, 3.8) is 0 Å². The van der Waals surface area contributed by atoms with Gasteiger partial charge in [0.2, 0.25) is 5.89 Å². The van der Waals surface area contributed by atoms with E-state index in [0.717, 1.165) is 31.7 Å². The minimum Gasteiger partial charge on any atom is -0.350 e. The summed E-state index contributed by atoms with van der Waals surface area (Å²) in [5.74, 6) is 1.78. The first kappa shape index (κ1) is 14.6. The van der Waals surface area contributed by atoms with E-state index in [1.807, 2.05) is 12.3 Å². The molecule has 2 aliphatic rings. The normalized spacial score (nSPS) is 21.3. The second-order valence-electron chi connectivity index (χ2n) is 6.43. The Kier molecular flexibility index (Phi) is 3.95. The van der Waals surface area contributed by atoms with E-state index in [4.69, 9.17) is 4.52 Å². The third-order valence-corrected chi connectivity index (χ3v) is 4.95. The monoisotopic (exact) mass is 314 g/mol. The molecule has 1 saturated heterocycles. The first-order valence-electron chi connectivity index (χ1n) is 8.38. The predicted octanol–water partition coefficient (Wildman–Crippen LogP) is 2.05. The quantitative estimate of drug-likeness (QED) is 0.836. The van der Waals surface area contributed by atoms with Crippen LogP contribution in [0.15, 0.2) is 29.4 Å². The Balaban J connectivity index is 1.42. The highest BCUT2D eigenvalue weighted by molar-refractivity contribution is 5.41. The topological polar surface area (TPSA) is 71.2 Å². The van der Waals surface area contributed by atoms with Gasteiger partial charge in [-0.2, -0.15) is 4.98 Å². The number of nitrogens with zero attached hydrogens (tertiary/aromatic N) is 6. The molecule has 2 aromatic rings. The van der Waals surface area contributed by atoms with E-state index >= 15 is 0 Å². The summed E-state index contributed by atoms with van der Waals surface area (Å²) in [6, 6.07) is 3.44. The van der Waals surface area contributed by atoms with E-state index in [-0.39, 0.29) is 6.04 Å². The van der Waals surface area contributed by atoms with Crippen molar-refractivity contribution in [2.75, 3.05) is 18.0 Å². The number of likely N-dealkylation sites (tertiary alicyclic amines) is 1. The first-order valence-corrected chi connectivity index (χ1v) is 8.38. The molecule has 2 aromatic heterocycles. The SMILES string of the molecule is CC(c1ncno1)N1CCC(N(c2ccncn2)C2CC2)CC1. The van der Waals surface area contributed by atoms with Gasteiger partial charge >= 0.3 is 0 Å². The average Bonchev–Trinajstić information content (AvgIpc) is 3.28. The van der Waals surface area contributed by atoms with Gasteiger partial charge in [-0.25, -0.2) is 9.97 Å². The van der Waals surface area contributed by atoms with Crippen LogP contribution in [0.5, 0.6) is 0 Å². The highest BCUT2D eigenvalue weighted by Crippen LogP contribution is 2.35. The molecule has 23 heavy (non-hydrogen) atoms. The predicted molar refractivity (Wildman–Crippen MR) is 84.8 cm³/mol. The maximum atomic E-state index is 5.21. The third kappa shape index (κ3) is 3.06. The summed E-state index contributed by atoms with van der Waals surface area (Å²) in [7, 11) is 0. The van der Waals surface area contributed by atoms with Gasteiger partial charge in [0.05, 0.1) is 6.04 Å². The molecule has 1 atom stereocenters. The number of hydrogen-bond donors (Lipinski definition) is 0. The lowest BCUT2D eigenvalue weighted by Crippen LogP contribution is -2.47. The Labute approximate surface area is 135 Å². The van der Waals surface area contributed by atoms with E-state index in [9.17, 15) is 0 Å². The van der Waals surface area contributed by atoms with E-state index < -0.39 is 0 Å². The van der Waals surface area contributed by atoms with Crippen molar-refractivity contribution in [3.05, 3.63) is 30.8 Å². The second-order valence-corrected chi connectivity index (χ2v) is 6.43. The van der Waals surface area contributed by atoms with Crippen LogP contribution in [0.3, 0.4) is 0 Å². The van der Waals surface area contributed by atoms with Crippen LogP contribution in [0.1, 0.15) is 44.5 Å². The van der Waals surface area contributed by atoms with E-state index in [0.29, 0.717) is 18.0 Å². The highest BCUT2D eigenvalue weighted by Gasteiger charge is 2.37. The van der Waals surface area contributed by atoms with Gasteiger partial charge in [-0.15, -0.1) is 0 Å². The fraction of sp³-hybridized carbons (Fsp3) is 0.625. The summed E-state index contributed by atoms with van der Waals surface area (Å²) in [4.78, 5) is 17.7. The summed E-state index contributed by atoms with van der Waals surface area (Å²) >= 11 is 0. The van der Waals surface area contributed by atoms with Gasteiger partial charge in [-0.05, 0) is 38.7 Å². The Morgan fingerprint density at radius 1 is 1.13 bits per heavy atom. The Bertz CT molecular complexity index is 607. The molecular formula is C16H22N6O. The molecule has 3 heterocycles. The molecule has 7 heteroatoms. The molecule has 0 radical (unpaired) electrons. The largest absolute Gasteiger partial charge is 0.350 e. The summed E-state index contributed by atoms with van der Waals surface area (Å²) in [5.41, 5.74) is 0. The lowest BCUT2D eigenvalue weighted by atomic mass is 10.0. The van der Waals surface area contributed by atoms with Gasteiger partial charge < -0.3 is 9.42 Å². The van der Waals surface area contributed by atoms with Gasteiger partial charge in [0.1, 0.15) is 12.1 Å². The minimum absolute atomic E-state index is 0.187. The molecule has 0 amide bonds. The minimum atomic E-state index is 0.187. The van der Waals surface area contributed by atoms with Crippen molar-refractivity contribution in [2.45, 2.75) is 50.7 Å². The highest BCUT2D eigenvalue weighted by atomic mass is 16.5. The average molecular weight is 314 g/mol. The maximum Gasteiger partial charge on any atom is 0.243 e. The zero-order valence-electron chi connectivity index (χ0n) is 13.4. The molecule has 7 nitrogen and oxygen atoms in total. The molecule has 1 aliphatic heterocycles. The Morgan fingerprint density at radius 3 is 2.52 bits per heavy atom. The lowest BCUT2D eigenvalue weighted by molar-refractivity contribution is 0.134. The third-order valence-electron chi connectivity index (χ3n) is 4.95. The van der Waals surface area contributed by atoms with Crippen LogP contribution in [0, 0.1) is 0 Å². The van der Waals surface area contributed by atoms with Crippen molar-refractivity contribution in [2.24, 2.45) is 0 Å². The summed E-state index contributed by atoms with van der Waals surface area (Å²) in [5, 5.41) is 3.72. The molecule has 0 N–H and O–H groups in total. The van der Waals surface area contributed by atoms with Gasteiger partial charge in [0, 0.05) is 31.4 Å². The standard InChI is InChI=1S/C16H22N6O/c1-12(16-19-11-20-23-16)21-8-5-14(6-9-21)22(13-2-3-13)15-4-7-17-10-18-15/h4,7,10-14H,2-3,5-6,8-9H2,1H3. The number of aromatic nitrogens is 4. The van der Waals surface area contributed by atoms with Crippen molar-refractivity contribution in [1.82, 2.24) is 25.0 Å².